The Balaban J connectivity index is 0.000000144. The second kappa shape index (κ2) is 38.2. The standard InChI is InChI=1S/C13H19BO3.C12H18BNO3.C11H15BO3.2C10H13BO.C9H12BNO.C9H12BN/c1-3-11-10-6-4-7-12(16-9-5-8-15)13(10)14(2)17-11;1-13-12-9(11(8-14)17-13)4-2-5-10(12)16-7-3-6-15;1-12-11-9(8-15-12)4-2-5-10(11)14-7-3-6-13;2*1-3-10-8-6-4-5-7-9(8)11(2)12-10;1-10-8-5-3-2-4-7(8)9(6-11)12-10;1-10-5-4-7-2-3-8(11)6-9(7)10/h4,6-7,11,15H,3,5,8-9H2,1-2H3;2,4-5,11,15H,3,6-8,14H2,1H3;2,4-5,13H,3,6-8H2,1H3;2*4-7,10H,3H2,1-2H3;2-5,9H,6,11H2,1H3;2-3,6H,4-5,11H2,1H3/t11-;;;2*10-;;/m1..10../s1. The van der Waals surface area contributed by atoms with Gasteiger partial charge < -0.3 is 74.7 Å². The van der Waals surface area contributed by atoms with Crippen LogP contribution in [0.4, 0.5) is 5.69 Å². The molecule has 0 aliphatic carbocycles. The molecule has 2 unspecified atom stereocenters. The average Bonchev–Trinajstić information content (AvgIpc) is 1.65. The molecule has 7 aromatic rings. The second-order valence-electron chi connectivity index (χ2n) is 25.4. The highest BCUT2D eigenvalue weighted by atomic mass is 16.5. The molecule has 0 aromatic heterocycles. The van der Waals surface area contributed by atoms with Crippen LogP contribution in [0.3, 0.4) is 0 Å². The molecular weight excluding hydrogens is 1200 g/mol. The van der Waals surface area contributed by atoms with Gasteiger partial charge in [0.25, 0.3) is 0 Å². The number of anilines is 1. The van der Waals surface area contributed by atoms with Crippen LogP contribution in [0.1, 0.15) is 129 Å². The smallest absolute Gasteiger partial charge is 0.328 e. The summed E-state index contributed by atoms with van der Waals surface area (Å²) in [6.45, 7) is 26.7. The lowest BCUT2D eigenvalue weighted by atomic mass is 9.48. The Hall–Kier alpha value is -6.25. The van der Waals surface area contributed by atoms with E-state index in [1.54, 1.807) is 0 Å². The van der Waals surface area contributed by atoms with E-state index in [1.165, 1.54) is 73.4 Å². The van der Waals surface area contributed by atoms with Crippen molar-refractivity contribution in [3.63, 3.8) is 0 Å². The average molecular weight is 1300 g/mol. The molecule has 15 nitrogen and oxygen atoms in total. The maximum absolute atomic E-state index is 8.77. The third-order valence-electron chi connectivity index (χ3n) is 18.7. The SMILES string of the molecule is CB1CCc2ccc(N)cc21.CB1OC(CN)c2cccc(OCCCO)c21.CB1OC(CN)c2ccccc21.CB1OCc2cccc(OCCCO)c21.CC[C@@H]1OB(C)c2ccccc21.CC[C@H]1OB(C)c2c(OCCCO)cccc21.CC[C@H]1OB(C)c2ccccc21. The normalized spacial score (nSPS) is 18.4. The van der Waals surface area contributed by atoms with Gasteiger partial charge in [0.15, 0.2) is 6.71 Å². The van der Waals surface area contributed by atoms with Gasteiger partial charge in [0, 0.05) is 57.9 Å². The van der Waals surface area contributed by atoms with E-state index in [4.69, 9.17) is 74.7 Å². The van der Waals surface area contributed by atoms with E-state index in [0.29, 0.717) is 77.7 Å². The number of ether oxygens (including phenoxy) is 3. The van der Waals surface area contributed by atoms with Crippen molar-refractivity contribution in [2.45, 2.75) is 157 Å². The van der Waals surface area contributed by atoms with Crippen LogP contribution in [0.25, 0.3) is 0 Å². The van der Waals surface area contributed by atoms with Gasteiger partial charge >= 0.3 is 41.5 Å². The van der Waals surface area contributed by atoms with Gasteiger partial charge in [-0.15, -0.1) is 0 Å². The summed E-state index contributed by atoms with van der Waals surface area (Å²) in [5, 5.41) is 26.2. The summed E-state index contributed by atoms with van der Waals surface area (Å²) in [6, 6.07) is 49.6. The molecule has 7 aliphatic heterocycles. The fourth-order valence-electron chi connectivity index (χ4n) is 13.8. The molecule has 7 aliphatic rings. The van der Waals surface area contributed by atoms with Gasteiger partial charge in [-0.1, -0.05) is 201 Å². The topological polar surface area (TPSA) is 222 Å². The molecule has 0 amide bonds. The molecule has 0 saturated heterocycles. The predicted octanol–water partition coefficient (Wildman–Crippen LogP) is 8.56. The number of fused-ring (bicyclic) bond motifs is 7. The molecule has 0 saturated carbocycles. The number of nitrogens with two attached hydrogens (primary N) is 3. The minimum atomic E-state index is -0.0265. The molecule has 506 valence electrons. The third-order valence-corrected chi connectivity index (χ3v) is 18.7. The van der Waals surface area contributed by atoms with E-state index < -0.39 is 0 Å². The molecule has 96 heavy (non-hydrogen) atoms. The zero-order chi connectivity index (χ0) is 68.7. The van der Waals surface area contributed by atoms with Crippen LogP contribution in [0, 0.1) is 0 Å². The highest BCUT2D eigenvalue weighted by Gasteiger charge is 2.36. The van der Waals surface area contributed by atoms with Crippen molar-refractivity contribution in [1.82, 2.24) is 0 Å². The first kappa shape index (κ1) is 75.5. The van der Waals surface area contributed by atoms with Crippen molar-refractivity contribution >= 4 is 92.1 Å². The zero-order valence-corrected chi connectivity index (χ0v) is 58.6. The highest BCUT2D eigenvalue weighted by molar-refractivity contribution is 6.74. The fraction of sp³-hybridized carbons (Fsp3) is 0.432. The van der Waals surface area contributed by atoms with Crippen molar-refractivity contribution in [2.24, 2.45) is 11.5 Å². The van der Waals surface area contributed by atoms with E-state index >= 15 is 0 Å². The van der Waals surface area contributed by atoms with Crippen LogP contribution in [0.15, 0.2) is 146 Å². The summed E-state index contributed by atoms with van der Waals surface area (Å²) < 4.78 is 51.4. The van der Waals surface area contributed by atoms with E-state index in [9.17, 15) is 0 Å². The summed E-state index contributed by atoms with van der Waals surface area (Å²) >= 11 is 0. The number of nitrogen functional groups attached to an aromatic ring is 1. The number of aryl methyl sites for hydroxylation is 1. The highest BCUT2D eigenvalue weighted by Crippen LogP contribution is 2.32. The molecular formula is C74H102B7N3O12. The number of rotatable bonds is 17. The summed E-state index contributed by atoms with van der Waals surface area (Å²) in [7, 11) is 0. The Bertz CT molecular complexity index is 3310. The van der Waals surface area contributed by atoms with Gasteiger partial charge in [0.1, 0.15) is 17.2 Å². The lowest BCUT2D eigenvalue weighted by Crippen LogP contribution is -2.26. The van der Waals surface area contributed by atoms with Crippen molar-refractivity contribution in [2.75, 3.05) is 58.5 Å². The summed E-state index contributed by atoms with van der Waals surface area (Å²) in [5.74, 6) is 2.64. The number of benzene rings is 7. The molecule has 0 radical (unpaired) electrons. The third kappa shape index (κ3) is 19.3. The van der Waals surface area contributed by atoms with E-state index in [1.807, 2.05) is 74.3 Å². The van der Waals surface area contributed by atoms with Gasteiger partial charge in [0.2, 0.25) is 0 Å². The Kier molecular flexibility index (Phi) is 30.1. The van der Waals surface area contributed by atoms with E-state index in [2.05, 4.69) is 140 Å². The summed E-state index contributed by atoms with van der Waals surface area (Å²) in [6.07, 6.45) is 8.55. The maximum atomic E-state index is 8.77. The van der Waals surface area contributed by atoms with Crippen LogP contribution in [-0.4, -0.2) is 116 Å². The quantitative estimate of drug-likeness (QED) is 0.0286. The molecule has 14 rings (SSSR count). The maximum Gasteiger partial charge on any atom is 0.328 e. The molecule has 7 heterocycles. The Morgan fingerprint density at radius 3 is 1.24 bits per heavy atom. The fourth-order valence-corrected chi connectivity index (χ4v) is 13.8. The zero-order valence-electron chi connectivity index (χ0n) is 58.6. The van der Waals surface area contributed by atoms with E-state index in [0.717, 1.165) is 58.7 Å². The van der Waals surface area contributed by atoms with Gasteiger partial charge in [-0.2, -0.15) is 0 Å². The number of hydrogen-bond acceptors (Lipinski definition) is 15. The number of aliphatic hydroxyl groups excluding tert-OH is 3. The first-order valence-electron chi connectivity index (χ1n) is 35.1. The van der Waals surface area contributed by atoms with Gasteiger partial charge in [0.05, 0.1) is 56.9 Å². The van der Waals surface area contributed by atoms with Gasteiger partial charge in [-0.25, -0.2) is 0 Å². The number of hydrogen-bond donors (Lipinski definition) is 6. The van der Waals surface area contributed by atoms with Crippen LogP contribution < -0.4 is 69.7 Å². The van der Waals surface area contributed by atoms with Crippen molar-refractivity contribution in [1.29, 1.82) is 0 Å². The number of aliphatic hydroxyl groups is 3. The molecule has 22 heteroatoms. The minimum Gasteiger partial charge on any atom is -0.494 e. The molecule has 5 atom stereocenters. The molecule has 7 aromatic carbocycles. The lowest BCUT2D eigenvalue weighted by Gasteiger charge is -2.11. The van der Waals surface area contributed by atoms with Crippen molar-refractivity contribution in [3.05, 3.63) is 185 Å². The Morgan fingerprint density at radius 1 is 0.406 bits per heavy atom. The molecule has 0 fully saturated rings. The Labute approximate surface area is 575 Å². The molecule has 0 bridgehead atoms. The van der Waals surface area contributed by atoms with Crippen molar-refractivity contribution < 1.29 is 57.5 Å². The lowest BCUT2D eigenvalue weighted by molar-refractivity contribution is 0.221. The van der Waals surface area contributed by atoms with Crippen molar-refractivity contribution in [3.8, 4) is 17.2 Å². The first-order valence-corrected chi connectivity index (χ1v) is 35.1. The van der Waals surface area contributed by atoms with Crippen LogP contribution in [-0.2, 0) is 41.0 Å². The Morgan fingerprint density at radius 2 is 0.781 bits per heavy atom. The van der Waals surface area contributed by atoms with Crippen LogP contribution in [0.5, 0.6) is 17.2 Å². The molecule has 0 spiro atoms. The predicted molar refractivity (Wildman–Crippen MR) is 401 cm³/mol. The first-order chi connectivity index (χ1) is 46.6. The summed E-state index contributed by atoms with van der Waals surface area (Å²) in [5.41, 5.74) is 35.9. The minimum absolute atomic E-state index is 0.0175. The van der Waals surface area contributed by atoms with Gasteiger partial charge in [-0.3, -0.25) is 0 Å². The monoisotopic (exact) mass is 1300 g/mol. The van der Waals surface area contributed by atoms with Gasteiger partial charge in [-0.05, 0) is 122 Å². The van der Waals surface area contributed by atoms with Crippen LogP contribution in [0.2, 0.25) is 54.1 Å². The van der Waals surface area contributed by atoms with E-state index in [-0.39, 0.29) is 79.6 Å². The van der Waals surface area contributed by atoms with Crippen LogP contribution >= 0.6 is 0 Å². The second-order valence-corrected chi connectivity index (χ2v) is 25.4. The molecule has 9 N–H and O–H groups in total. The largest absolute Gasteiger partial charge is 0.494 e. The summed E-state index contributed by atoms with van der Waals surface area (Å²) in [4.78, 5) is 0.